The molecule has 1 aromatic carbocycles. The van der Waals surface area contributed by atoms with Crippen LogP contribution in [-0.4, -0.2) is 53.9 Å². The fraction of sp³-hybridized carbons (Fsp3) is 0.444. The minimum absolute atomic E-state index is 0.210. The molecule has 1 aliphatic heterocycles. The predicted molar refractivity (Wildman–Crippen MR) is 89.1 cm³/mol. The predicted octanol–water partition coefficient (Wildman–Crippen LogP) is 2.36. The number of carbonyl (C=O) groups excluding carboxylic acids is 1. The van der Waals surface area contributed by atoms with Crippen molar-refractivity contribution in [3.8, 4) is 11.5 Å². The summed E-state index contributed by atoms with van der Waals surface area (Å²) in [5.74, 6) is 1.64. The normalized spacial score (nSPS) is 15.8. The molecule has 0 bridgehead atoms. The van der Waals surface area contributed by atoms with E-state index >= 15 is 0 Å². The number of piperazine rings is 1. The maximum absolute atomic E-state index is 12.3. The van der Waals surface area contributed by atoms with Crippen molar-refractivity contribution in [2.24, 2.45) is 0 Å². The molecule has 0 atom stereocenters. The second-order valence-corrected chi connectivity index (χ2v) is 6.07. The summed E-state index contributed by atoms with van der Waals surface area (Å²) in [5, 5.41) is 0. The minimum Gasteiger partial charge on any atom is -0.441 e. The summed E-state index contributed by atoms with van der Waals surface area (Å²) in [6.07, 6.45) is 1.12. The summed E-state index contributed by atoms with van der Waals surface area (Å²) in [5.41, 5.74) is 1.85. The van der Waals surface area contributed by atoms with Gasteiger partial charge in [0.2, 0.25) is 11.8 Å². The summed E-state index contributed by atoms with van der Waals surface area (Å²) in [4.78, 5) is 21.1. The van der Waals surface area contributed by atoms with Crippen molar-refractivity contribution in [2.75, 3.05) is 33.2 Å². The molecule has 5 nitrogen and oxygen atoms in total. The van der Waals surface area contributed by atoms with Crippen LogP contribution >= 0.6 is 0 Å². The maximum atomic E-state index is 12.3. The van der Waals surface area contributed by atoms with Crippen molar-refractivity contribution in [1.29, 1.82) is 0 Å². The van der Waals surface area contributed by atoms with E-state index in [-0.39, 0.29) is 5.91 Å². The van der Waals surface area contributed by atoms with E-state index in [1.54, 1.807) is 0 Å². The topological polar surface area (TPSA) is 49.6 Å². The standard InChI is InChI=1S/C18H23N3O2/c1-14-16(19-18(23-14)15-6-4-3-5-7-15)8-9-17(22)21-12-10-20(2)11-13-21/h3-7H,8-13H2,1-2H3. The van der Waals surface area contributed by atoms with Gasteiger partial charge in [-0.1, -0.05) is 18.2 Å². The van der Waals surface area contributed by atoms with Gasteiger partial charge in [-0.05, 0) is 26.1 Å². The van der Waals surface area contributed by atoms with Crippen LogP contribution in [0.3, 0.4) is 0 Å². The summed E-state index contributed by atoms with van der Waals surface area (Å²) in [7, 11) is 2.09. The van der Waals surface area contributed by atoms with Crippen LogP contribution in [0.15, 0.2) is 34.7 Å². The lowest BCUT2D eigenvalue weighted by Gasteiger charge is -2.32. The zero-order valence-electron chi connectivity index (χ0n) is 13.8. The zero-order valence-corrected chi connectivity index (χ0v) is 13.8. The first-order chi connectivity index (χ1) is 11.1. The van der Waals surface area contributed by atoms with Crippen LogP contribution in [0.2, 0.25) is 0 Å². The molecule has 0 spiro atoms. The number of likely N-dealkylation sites (N-methyl/N-ethyl adjacent to an activating group) is 1. The molecule has 5 heteroatoms. The average Bonchev–Trinajstić information content (AvgIpc) is 2.95. The van der Waals surface area contributed by atoms with E-state index in [4.69, 9.17) is 4.42 Å². The van der Waals surface area contributed by atoms with Crippen molar-refractivity contribution < 1.29 is 9.21 Å². The third-order valence-electron chi connectivity index (χ3n) is 4.35. The van der Waals surface area contributed by atoms with Gasteiger partial charge in [-0.25, -0.2) is 4.98 Å². The van der Waals surface area contributed by atoms with E-state index in [9.17, 15) is 4.79 Å². The van der Waals surface area contributed by atoms with Gasteiger partial charge in [0.1, 0.15) is 5.76 Å². The lowest BCUT2D eigenvalue weighted by atomic mass is 10.2. The fourth-order valence-corrected chi connectivity index (χ4v) is 2.80. The van der Waals surface area contributed by atoms with E-state index in [1.807, 2.05) is 42.2 Å². The van der Waals surface area contributed by atoms with Crippen LogP contribution in [0.1, 0.15) is 17.9 Å². The van der Waals surface area contributed by atoms with Gasteiger partial charge < -0.3 is 14.2 Å². The van der Waals surface area contributed by atoms with Gasteiger partial charge in [0.25, 0.3) is 0 Å². The molecule has 1 saturated heterocycles. The number of benzene rings is 1. The number of carbonyl (C=O) groups is 1. The Morgan fingerprint density at radius 3 is 2.57 bits per heavy atom. The number of hydrogen-bond acceptors (Lipinski definition) is 4. The number of amides is 1. The molecular weight excluding hydrogens is 290 g/mol. The molecule has 23 heavy (non-hydrogen) atoms. The Labute approximate surface area is 136 Å². The van der Waals surface area contributed by atoms with E-state index in [0.717, 1.165) is 43.2 Å². The smallest absolute Gasteiger partial charge is 0.226 e. The van der Waals surface area contributed by atoms with Gasteiger partial charge in [0.15, 0.2) is 0 Å². The third kappa shape index (κ3) is 3.79. The first-order valence-electron chi connectivity index (χ1n) is 8.11. The summed E-state index contributed by atoms with van der Waals surface area (Å²) >= 11 is 0. The highest BCUT2D eigenvalue weighted by Gasteiger charge is 2.20. The lowest BCUT2D eigenvalue weighted by Crippen LogP contribution is -2.47. The zero-order chi connectivity index (χ0) is 16.2. The molecule has 0 radical (unpaired) electrons. The molecule has 0 unspecified atom stereocenters. The van der Waals surface area contributed by atoms with Gasteiger partial charge in [0.05, 0.1) is 5.69 Å². The number of nitrogens with zero attached hydrogens (tertiary/aromatic N) is 3. The molecular formula is C18H23N3O2. The molecule has 2 heterocycles. The first-order valence-corrected chi connectivity index (χ1v) is 8.11. The number of rotatable bonds is 4. The summed E-state index contributed by atoms with van der Waals surface area (Å²) in [6.45, 7) is 5.46. The number of hydrogen-bond donors (Lipinski definition) is 0. The van der Waals surface area contributed by atoms with Gasteiger partial charge in [-0.2, -0.15) is 0 Å². The Balaban J connectivity index is 1.60. The quantitative estimate of drug-likeness (QED) is 0.869. The van der Waals surface area contributed by atoms with Gasteiger partial charge in [-0.15, -0.1) is 0 Å². The molecule has 3 rings (SSSR count). The Kier molecular flexibility index (Phi) is 4.76. The van der Waals surface area contributed by atoms with Crippen molar-refractivity contribution in [2.45, 2.75) is 19.8 Å². The highest BCUT2D eigenvalue weighted by atomic mass is 16.4. The van der Waals surface area contributed by atoms with Crippen LogP contribution in [-0.2, 0) is 11.2 Å². The monoisotopic (exact) mass is 313 g/mol. The molecule has 2 aromatic rings. The first kappa shape index (κ1) is 15.7. The van der Waals surface area contributed by atoms with Crippen molar-refractivity contribution in [1.82, 2.24) is 14.8 Å². The SMILES string of the molecule is Cc1oc(-c2ccccc2)nc1CCC(=O)N1CCN(C)CC1. The van der Waals surface area contributed by atoms with Gasteiger partial charge >= 0.3 is 0 Å². The molecule has 1 amide bonds. The van der Waals surface area contributed by atoms with Crippen LogP contribution in [0.5, 0.6) is 0 Å². The van der Waals surface area contributed by atoms with E-state index in [2.05, 4.69) is 16.9 Å². The Morgan fingerprint density at radius 2 is 1.87 bits per heavy atom. The second kappa shape index (κ2) is 6.96. The Bertz CT molecular complexity index is 658. The molecule has 122 valence electrons. The highest BCUT2D eigenvalue weighted by molar-refractivity contribution is 5.76. The van der Waals surface area contributed by atoms with Crippen LogP contribution in [0.4, 0.5) is 0 Å². The number of oxazole rings is 1. The van der Waals surface area contributed by atoms with E-state index in [1.165, 1.54) is 0 Å². The summed E-state index contributed by atoms with van der Waals surface area (Å²) in [6, 6.07) is 9.85. The van der Waals surface area contributed by atoms with E-state index in [0.29, 0.717) is 18.7 Å². The van der Waals surface area contributed by atoms with Crippen LogP contribution in [0, 0.1) is 6.92 Å². The van der Waals surface area contributed by atoms with Gasteiger partial charge in [-0.3, -0.25) is 4.79 Å². The van der Waals surface area contributed by atoms with Crippen molar-refractivity contribution in [3.05, 3.63) is 41.8 Å². The average molecular weight is 313 g/mol. The maximum Gasteiger partial charge on any atom is 0.226 e. The molecule has 1 aromatic heterocycles. The Morgan fingerprint density at radius 1 is 1.17 bits per heavy atom. The molecule has 1 fully saturated rings. The molecule has 0 aliphatic carbocycles. The molecule has 0 N–H and O–H groups in total. The largest absolute Gasteiger partial charge is 0.441 e. The van der Waals surface area contributed by atoms with Crippen LogP contribution in [0.25, 0.3) is 11.5 Å². The Hall–Kier alpha value is -2.14. The van der Waals surface area contributed by atoms with Gasteiger partial charge in [0, 0.05) is 44.6 Å². The molecule has 1 aliphatic rings. The molecule has 0 saturated carbocycles. The fourth-order valence-electron chi connectivity index (χ4n) is 2.80. The van der Waals surface area contributed by atoms with Crippen LogP contribution < -0.4 is 0 Å². The second-order valence-electron chi connectivity index (χ2n) is 6.07. The summed E-state index contributed by atoms with van der Waals surface area (Å²) < 4.78 is 5.75. The minimum atomic E-state index is 0.210. The lowest BCUT2D eigenvalue weighted by molar-refractivity contribution is -0.132. The number of aromatic nitrogens is 1. The third-order valence-corrected chi connectivity index (χ3v) is 4.35. The van der Waals surface area contributed by atoms with Crippen molar-refractivity contribution in [3.63, 3.8) is 0 Å². The van der Waals surface area contributed by atoms with E-state index < -0.39 is 0 Å². The van der Waals surface area contributed by atoms with Crippen molar-refractivity contribution >= 4 is 5.91 Å². The highest BCUT2D eigenvalue weighted by Crippen LogP contribution is 2.22. The number of aryl methyl sites for hydroxylation is 2.